The van der Waals surface area contributed by atoms with Crippen LogP contribution in [0.4, 0.5) is 0 Å². The largest absolute Gasteiger partial charge is 0.388 e. The van der Waals surface area contributed by atoms with Crippen molar-refractivity contribution >= 4 is 21.4 Å². The van der Waals surface area contributed by atoms with Gasteiger partial charge in [-0.15, -0.1) is 11.6 Å². The number of sulfone groups is 1. The summed E-state index contributed by atoms with van der Waals surface area (Å²) in [6.45, 7) is 1.82. The standard InChI is InChI=1S/C10H13ClO4S/c1-7-2-4-8(5-3-7)16(14,15)10(13)9(12)6-11/h2-5,9-10,12-13H,6H2,1H3/t9?,10-/m1/s1. The third kappa shape index (κ3) is 2.74. The molecular formula is C10H13ClO4S. The molecule has 0 aliphatic heterocycles. The van der Waals surface area contributed by atoms with Gasteiger partial charge in [-0.1, -0.05) is 17.7 Å². The van der Waals surface area contributed by atoms with Crippen LogP contribution in [0.5, 0.6) is 0 Å². The first-order chi connectivity index (χ1) is 7.39. The molecule has 16 heavy (non-hydrogen) atoms. The van der Waals surface area contributed by atoms with E-state index in [0.717, 1.165) is 5.56 Å². The van der Waals surface area contributed by atoms with Crippen molar-refractivity contribution in [3.05, 3.63) is 29.8 Å². The Morgan fingerprint density at radius 1 is 1.25 bits per heavy atom. The smallest absolute Gasteiger partial charge is 0.207 e. The Hall–Kier alpha value is -0.620. The van der Waals surface area contributed by atoms with E-state index in [2.05, 4.69) is 0 Å². The van der Waals surface area contributed by atoms with E-state index in [4.69, 9.17) is 11.6 Å². The molecule has 0 bridgehead atoms. The Morgan fingerprint density at radius 3 is 2.19 bits per heavy atom. The predicted molar refractivity (Wildman–Crippen MR) is 61.1 cm³/mol. The third-order valence-electron chi connectivity index (χ3n) is 2.15. The van der Waals surface area contributed by atoms with E-state index in [0.29, 0.717) is 0 Å². The Balaban J connectivity index is 3.07. The molecule has 1 aromatic rings. The van der Waals surface area contributed by atoms with Gasteiger partial charge in [0.2, 0.25) is 9.84 Å². The highest BCUT2D eigenvalue weighted by atomic mass is 35.5. The van der Waals surface area contributed by atoms with Gasteiger partial charge in [0.05, 0.1) is 10.8 Å². The Bertz CT molecular complexity index is 440. The SMILES string of the molecule is Cc1ccc(S(=O)(=O)[C@@H](O)C(O)CCl)cc1. The number of halogens is 1. The van der Waals surface area contributed by atoms with E-state index in [1.165, 1.54) is 12.1 Å². The van der Waals surface area contributed by atoms with E-state index >= 15 is 0 Å². The second-order valence-corrected chi connectivity index (χ2v) is 5.82. The summed E-state index contributed by atoms with van der Waals surface area (Å²) in [4.78, 5) is -0.0326. The summed E-state index contributed by atoms with van der Waals surface area (Å²) in [7, 11) is -3.95. The Labute approximate surface area is 99.4 Å². The van der Waals surface area contributed by atoms with Crippen LogP contribution in [0.1, 0.15) is 5.56 Å². The molecule has 0 saturated carbocycles. The number of aliphatic hydroxyl groups is 2. The van der Waals surface area contributed by atoms with E-state index in [1.54, 1.807) is 12.1 Å². The highest BCUT2D eigenvalue weighted by Crippen LogP contribution is 2.18. The summed E-state index contributed by atoms with van der Waals surface area (Å²) in [6, 6.07) is 6.00. The Kier molecular flexibility index (Phi) is 4.32. The number of hydrogen-bond donors (Lipinski definition) is 2. The average Bonchev–Trinajstić information content (AvgIpc) is 2.27. The van der Waals surface area contributed by atoms with Crippen LogP contribution in [0.2, 0.25) is 0 Å². The highest BCUT2D eigenvalue weighted by molar-refractivity contribution is 7.92. The molecule has 2 atom stereocenters. The molecule has 0 fully saturated rings. The van der Waals surface area contributed by atoms with Gasteiger partial charge in [0, 0.05) is 0 Å². The lowest BCUT2D eigenvalue weighted by molar-refractivity contribution is 0.0833. The van der Waals surface area contributed by atoms with Crippen molar-refractivity contribution in [1.82, 2.24) is 0 Å². The van der Waals surface area contributed by atoms with E-state index < -0.39 is 21.4 Å². The van der Waals surface area contributed by atoms with Crippen LogP contribution >= 0.6 is 11.6 Å². The summed E-state index contributed by atoms with van der Waals surface area (Å²) in [5.74, 6) is -0.341. The molecule has 6 heteroatoms. The van der Waals surface area contributed by atoms with Crippen molar-refractivity contribution in [3.8, 4) is 0 Å². The molecule has 0 radical (unpaired) electrons. The van der Waals surface area contributed by atoms with Gasteiger partial charge in [0.25, 0.3) is 0 Å². The zero-order valence-corrected chi connectivity index (χ0v) is 10.2. The number of rotatable bonds is 4. The van der Waals surface area contributed by atoms with Crippen molar-refractivity contribution in [3.63, 3.8) is 0 Å². The van der Waals surface area contributed by atoms with Gasteiger partial charge in [0.1, 0.15) is 6.10 Å². The zero-order chi connectivity index (χ0) is 12.3. The van der Waals surface area contributed by atoms with Crippen molar-refractivity contribution in [2.24, 2.45) is 0 Å². The number of aliphatic hydroxyl groups excluding tert-OH is 2. The minimum Gasteiger partial charge on any atom is -0.388 e. The minimum atomic E-state index is -3.95. The lowest BCUT2D eigenvalue weighted by Gasteiger charge is -2.16. The van der Waals surface area contributed by atoms with Gasteiger partial charge >= 0.3 is 0 Å². The first kappa shape index (κ1) is 13.4. The van der Waals surface area contributed by atoms with Gasteiger partial charge in [-0.05, 0) is 19.1 Å². The first-order valence-corrected chi connectivity index (χ1v) is 6.70. The third-order valence-corrected chi connectivity index (χ3v) is 4.35. The summed E-state index contributed by atoms with van der Waals surface area (Å²) in [6.07, 6.45) is -1.49. The average molecular weight is 265 g/mol. The molecule has 0 amide bonds. The highest BCUT2D eigenvalue weighted by Gasteiger charge is 2.31. The Morgan fingerprint density at radius 2 is 1.75 bits per heavy atom. The normalized spacial score (nSPS) is 15.8. The topological polar surface area (TPSA) is 74.6 Å². The van der Waals surface area contributed by atoms with E-state index in [9.17, 15) is 18.6 Å². The van der Waals surface area contributed by atoms with Crippen LogP contribution in [0.3, 0.4) is 0 Å². The number of aryl methyl sites for hydroxylation is 1. The minimum absolute atomic E-state index is 0.0326. The van der Waals surface area contributed by atoms with E-state index in [-0.39, 0.29) is 10.8 Å². The molecular weight excluding hydrogens is 252 g/mol. The number of benzene rings is 1. The van der Waals surface area contributed by atoms with Gasteiger partial charge in [-0.3, -0.25) is 0 Å². The van der Waals surface area contributed by atoms with Gasteiger partial charge in [0.15, 0.2) is 5.44 Å². The molecule has 0 aliphatic carbocycles. The number of hydrogen-bond acceptors (Lipinski definition) is 4. The fraction of sp³-hybridized carbons (Fsp3) is 0.400. The molecule has 0 aromatic heterocycles. The van der Waals surface area contributed by atoms with Crippen LogP contribution in [-0.2, 0) is 9.84 Å². The monoisotopic (exact) mass is 264 g/mol. The fourth-order valence-corrected chi connectivity index (χ4v) is 2.73. The molecule has 1 unspecified atom stereocenters. The molecule has 90 valence electrons. The predicted octanol–water partition coefficient (Wildman–Crippen LogP) is 0.687. The molecule has 2 N–H and O–H groups in total. The van der Waals surface area contributed by atoms with Gasteiger partial charge < -0.3 is 10.2 Å². The van der Waals surface area contributed by atoms with Gasteiger partial charge in [-0.25, -0.2) is 8.42 Å². The molecule has 0 spiro atoms. The van der Waals surface area contributed by atoms with E-state index in [1.807, 2.05) is 6.92 Å². The summed E-state index contributed by atoms with van der Waals surface area (Å²) in [5.41, 5.74) is -0.987. The van der Waals surface area contributed by atoms with Crippen LogP contribution in [-0.4, -0.2) is 36.1 Å². The fourth-order valence-electron chi connectivity index (χ4n) is 1.15. The van der Waals surface area contributed by atoms with Crippen molar-refractivity contribution in [2.45, 2.75) is 23.4 Å². The maximum absolute atomic E-state index is 11.8. The van der Waals surface area contributed by atoms with Gasteiger partial charge in [-0.2, -0.15) is 0 Å². The molecule has 0 aliphatic rings. The number of alkyl halides is 1. The molecule has 4 nitrogen and oxygen atoms in total. The molecule has 1 aromatic carbocycles. The van der Waals surface area contributed by atoms with Crippen molar-refractivity contribution < 1.29 is 18.6 Å². The zero-order valence-electron chi connectivity index (χ0n) is 8.67. The van der Waals surface area contributed by atoms with Crippen LogP contribution in [0, 0.1) is 6.92 Å². The van der Waals surface area contributed by atoms with Crippen molar-refractivity contribution in [2.75, 3.05) is 5.88 Å². The van der Waals surface area contributed by atoms with Crippen molar-refractivity contribution in [1.29, 1.82) is 0 Å². The van der Waals surface area contributed by atoms with Crippen LogP contribution in [0.15, 0.2) is 29.2 Å². The lowest BCUT2D eigenvalue weighted by atomic mass is 10.2. The summed E-state index contributed by atoms with van der Waals surface area (Å²) in [5, 5.41) is 18.7. The molecule has 0 heterocycles. The maximum atomic E-state index is 11.8. The summed E-state index contributed by atoms with van der Waals surface area (Å²) < 4.78 is 23.6. The van der Waals surface area contributed by atoms with Crippen LogP contribution in [0.25, 0.3) is 0 Å². The second-order valence-electron chi connectivity index (χ2n) is 3.47. The molecule has 0 saturated heterocycles. The maximum Gasteiger partial charge on any atom is 0.207 e. The lowest BCUT2D eigenvalue weighted by Crippen LogP contribution is -2.35. The summed E-state index contributed by atoms with van der Waals surface area (Å²) >= 11 is 5.29. The quantitative estimate of drug-likeness (QED) is 0.785. The molecule has 1 rings (SSSR count). The first-order valence-electron chi connectivity index (χ1n) is 4.62. The van der Waals surface area contributed by atoms with Crippen LogP contribution < -0.4 is 0 Å². The second kappa shape index (κ2) is 5.14.